The Morgan fingerprint density at radius 3 is 0.586 bits per heavy atom. The SMILES string of the molecule is O=C1[C@@H](N2CC[C@@H](c3ccc(O)cc3)C(F)(F)C2)CCN1Cc1ccc(F)cc1.O=C1[C@@H](N2CC[C@H](c3ccc(O)cc3)C(F)(F)C2)CCN1Cc1ccc(F)cc1.O=C1[C@H](N2CC[C@@H](c3ccc(O)cc3)C(F)(F)C2)CCN1Cc1ccc(F)cc1.O=C1[C@H](N2CC[C@H](c3ccc(O)cc3)C(F)(F)C2)CCN1Cc1ccc(F)cc1. The minimum atomic E-state index is -2.96. The molecule has 4 amide bonds. The smallest absolute Gasteiger partial charge is 0.267 e. The van der Waals surface area contributed by atoms with E-state index in [2.05, 4.69) is 0 Å². The number of rotatable bonds is 16. The van der Waals surface area contributed by atoms with Gasteiger partial charge in [0.15, 0.2) is 0 Å². The number of benzene rings is 8. The van der Waals surface area contributed by atoms with Crippen molar-refractivity contribution in [2.45, 2.75) is 149 Å². The Hall–Kier alpha value is -10.2. The Morgan fingerprint density at radius 1 is 0.250 bits per heavy atom. The first-order valence-electron chi connectivity index (χ1n) is 39.1. The number of alkyl halides is 8. The molecular formula is C88H92F12N8O8. The fourth-order valence-corrected chi connectivity index (χ4v) is 17.5. The molecule has 0 aliphatic carbocycles. The Bertz CT molecular complexity index is 4070. The van der Waals surface area contributed by atoms with E-state index in [4.69, 9.17) is 0 Å². The summed E-state index contributed by atoms with van der Waals surface area (Å²) in [6, 6.07) is 45.4. The average molecular weight is 1620 g/mol. The molecule has 16 nitrogen and oxygen atoms in total. The van der Waals surface area contributed by atoms with Gasteiger partial charge in [0.2, 0.25) is 23.6 Å². The molecule has 8 saturated heterocycles. The topological polar surface area (TPSA) is 175 Å². The third-order valence-corrected chi connectivity index (χ3v) is 23.7. The molecular weight excluding hydrogens is 1520 g/mol. The van der Waals surface area contributed by atoms with Crippen LogP contribution in [0.2, 0.25) is 0 Å². The molecule has 616 valence electrons. The van der Waals surface area contributed by atoms with Gasteiger partial charge in [0, 0.05) is 52.4 Å². The number of aromatic hydroxyl groups is 4. The van der Waals surface area contributed by atoms with Gasteiger partial charge in [0.1, 0.15) is 46.3 Å². The predicted octanol–water partition coefficient (Wildman–Crippen LogP) is 15.0. The summed E-state index contributed by atoms with van der Waals surface area (Å²) in [4.78, 5) is 64.3. The molecule has 8 atom stereocenters. The molecule has 4 N–H and O–H groups in total. The number of hydrogen-bond acceptors (Lipinski definition) is 12. The highest BCUT2D eigenvalue weighted by Crippen LogP contribution is 2.47. The molecule has 28 heteroatoms. The Balaban J connectivity index is 0.000000135. The monoisotopic (exact) mass is 1620 g/mol. The van der Waals surface area contributed by atoms with Crippen LogP contribution in [0.3, 0.4) is 0 Å². The highest BCUT2D eigenvalue weighted by atomic mass is 19.3. The fraction of sp³-hybridized carbons (Fsp3) is 0.409. The highest BCUT2D eigenvalue weighted by Gasteiger charge is 2.54. The number of phenolic OH excluding ortho intramolecular Hbond substituents is 4. The van der Waals surface area contributed by atoms with Gasteiger partial charge in [-0.05, 0) is 219 Å². The minimum Gasteiger partial charge on any atom is -0.508 e. The zero-order valence-electron chi connectivity index (χ0n) is 63.6. The van der Waals surface area contributed by atoms with Gasteiger partial charge in [-0.1, -0.05) is 97.1 Å². The largest absolute Gasteiger partial charge is 0.508 e. The second-order valence-electron chi connectivity index (χ2n) is 31.4. The molecule has 0 radical (unpaired) electrons. The minimum absolute atomic E-state index is 0.0484. The normalized spacial score (nSPS) is 24.8. The van der Waals surface area contributed by atoms with Gasteiger partial charge in [0.05, 0.1) is 74.0 Å². The first-order chi connectivity index (χ1) is 55.3. The molecule has 0 saturated carbocycles. The summed E-state index contributed by atoms with van der Waals surface area (Å²) in [5, 5.41) is 37.6. The van der Waals surface area contributed by atoms with Crippen molar-refractivity contribution in [3.63, 3.8) is 0 Å². The van der Waals surface area contributed by atoms with E-state index in [-0.39, 0.29) is 95.6 Å². The Labute approximate surface area is 664 Å². The summed E-state index contributed by atoms with van der Waals surface area (Å²) in [7, 11) is 0. The van der Waals surface area contributed by atoms with Crippen LogP contribution in [0.5, 0.6) is 23.0 Å². The number of carbonyl (C=O) groups excluding carboxylic acids is 4. The maximum atomic E-state index is 14.9. The summed E-state index contributed by atoms with van der Waals surface area (Å²) in [6.07, 6.45) is 3.05. The number of carbonyl (C=O) groups is 4. The van der Waals surface area contributed by atoms with Crippen molar-refractivity contribution in [2.75, 3.05) is 78.5 Å². The average Bonchev–Trinajstić information content (AvgIpc) is 1.36. The van der Waals surface area contributed by atoms with Crippen LogP contribution in [0, 0.1) is 23.3 Å². The first kappa shape index (κ1) is 83.8. The fourth-order valence-electron chi connectivity index (χ4n) is 17.5. The van der Waals surface area contributed by atoms with Crippen LogP contribution in [0.4, 0.5) is 52.7 Å². The second kappa shape index (κ2) is 35.7. The first-order valence-corrected chi connectivity index (χ1v) is 39.1. The molecule has 0 aromatic heterocycles. The summed E-state index contributed by atoms with van der Waals surface area (Å²) < 4.78 is 171. The van der Waals surface area contributed by atoms with Crippen LogP contribution in [-0.2, 0) is 45.4 Å². The van der Waals surface area contributed by atoms with Gasteiger partial charge in [-0.3, -0.25) is 38.8 Å². The second-order valence-corrected chi connectivity index (χ2v) is 31.4. The van der Waals surface area contributed by atoms with E-state index >= 15 is 0 Å². The van der Waals surface area contributed by atoms with E-state index in [1.807, 2.05) is 0 Å². The molecule has 16 rings (SSSR count). The molecule has 8 aromatic rings. The number of likely N-dealkylation sites (tertiary alicyclic amines) is 8. The molecule has 8 aliphatic rings. The summed E-state index contributed by atoms with van der Waals surface area (Å²) in [5.41, 5.74) is 5.28. The Kier molecular flexibility index (Phi) is 25.8. The van der Waals surface area contributed by atoms with Crippen LogP contribution in [-0.4, -0.2) is 210 Å². The van der Waals surface area contributed by atoms with Crippen molar-refractivity contribution in [2.24, 2.45) is 0 Å². The van der Waals surface area contributed by atoms with Gasteiger partial charge in [0.25, 0.3) is 23.7 Å². The molecule has 0 spiro atoms. The molecule has 0 unspecified atom stereocenters. The lowest BCUT2D eigenvalue weighted by Gasteiger charge is -2.40. The number of nitrogens with zero attached hydrogens (tertiary/aromatic N) is 8. The van der Waals surface area contributed by atoms with E-state index in [1.165, 1.54) is 146 Å². The van der Waals surface area contributed by atoms with Crippen LogP contribution >= 0.6 is 0 Å². The van der Waals surface area contributed by atoms with Crippen LogP contribution in [0.15, 0.2) is 194 Å². The predicted molar refractivity (Wildman–Crippen MR) is 409 cm³/mol. The lowest BCUT2D eigenvalue weighted by Crippen LogP contribution is -2.53. The maximum absolute atomic E-state index is 14.9. The van der Waals surface area contributed by atoms with Crippen LogP contribution < -0.4 is 0 Å². The number of halogens is 12. The van der Waals surface area contributed by atoms with Crippen molar-refractivity contribution >= 4 is 23.6 Å². The van der Waals surface area contributed by atoms with Gasteiger partial charge in [-0.2, -0.15) is 0 Å². The van der Waals surface area contributed by atoms with Crippen molar-refractivity contribution in [3.8, 4) is 23.0 Å². The zero-order valence-corrected chi connectivity index (χ0v) is 63.6. The number of piperidine rings is 4. The van der Waals surface area contributed by atoms with Crippen molar-refractivity contribution in [3.05, 3.63) is 262 Å². The third-order valence-electron chi connectivity index (χ3n) is 23.7. The molecule has 0 bridgehead atoms. The van der Waals surface area contributed by atoms with Crippen LogP contribution in [0.1, 0.15) is 120 Å². The molecule has 8 aliphatic heterocycles. The van der Waals surface area contributed by atoms with E-state index in [0.29, 0.717) is 126 Å². The van der Waals surface area contributed by atoms with Gasteiger partial charge < -0.3 is 40.0 Å². The molecule has 8 aromatic carbocycles. The van der Waals surface area contributed by atoms with E-state index in [9.17, 15) is 92.3 Å². The lowest BCUT2D eigenvalue weighted by molar-refractivity contribution is -0.139. The maximum Gasteiger partial charge on any atom is 0.267 e. The van der Waals surface area contributed by atoms with Crippen molar-refractivity contribution < 1.29 is 92.3 Å². The number of hydrogen-bond donors (Lipinski definition) is 4. The van der Waals surface area contributed by atoms with Gasteiger partial charge >= 0.3 is 0 Å². The molecule has 8 fully saturated rings. The lowest BCUT2D eigenvalue weighted by atomic mass is 9.85. The summed E-state index contributed by atoms with van der Waals surface area (Å²) in [5.74, 6) is -17.3. The van der Waals surface area contributed by atoms with E-state index in [0.717, 1.165) is 22.3 Å². The Morgan fingerprint density at radius 2 is 0.422 bits per heavy atom. The molecule has 8 heterocycles. The summed E-state index contributed by atoms with van der Waals surface area (Å²) >= 11 is 0. The van der Waals surface area contributed by atoms with Crippen molar-refractivity contribution in [1.82, 2.24) is 39.2 Å². The quantitative estimate of drug-likeness (QED) is 0.0675. The number of amides is 4. The number of phenols is 4. The van der Waals surface area contributed by atoms with E-state index < -0.39 is 97.7 Å². The van der Waals surface area contributed by atoms with Crippen LogP contribution in [0.25, 0.3) is 0 Å². The van der Waals surface area contributed by atoms with E-state index in [1.54, 1.807) is 87.7 Å². The summed E-state index contributed by atoms with van der Waals surface area (Å²) in [6.45, 7) is 3.28. The zero-order chi connectivity index (χ0) is 82.4. The van der Waals surface area contributed by atoms with Crippen molar-refractivity contribution in [1.29, 1.82) is 0 Å². The van der Waals surface area contributed by atoms with Gasteiger partial charge in [-0.25, -0.2) is 52.7 Å². The standard InChI is InChI=1S/4C22H23F3N2O2/c4*23-17-5-1-15(2-6-17)13-26-12-10-20(21(26)29)27-11-9-19(22(24,25)14-27)16-3-7-18(28)8-4-16/h4*1-8,19-20,28H,9-14H2/t2*19-,20+;2*19-,20-/m1010/s1. The third kappa shape index (κ3) is 20.1. The molecule has 116 heavy (non-hydrogen) atoms. The van der Waals surface area contributed by atoms with Gasteiger partial charge in [-0.15, -0.1) is 0 Å². The highest BCUT2D eigenvalue weighted by molar-refractivity contribution is 5.86.